The van der Waals surface area contributed by atoms with Gasteiger partial charge in [-0.25, -0.2) is 0 Å². The molecule has 1 amide bonds. The maximum atomic E-state index is 13.0. The highest BCUT2D eigenvalue weighted by atomic mass is 16.5. The van der Waals surface area contributed by atoms with Crippen LogP contribution in [0, 0.1) is 12.3 Å². The summed E-state index contributed by atoms with van der Waals surface area (Å²) in [7, 11) is 0. The third-order valence-electron chi connectivity index (χ3n) is 5.64. The van der Waals surface area contributed by atoms with Gasteiger partial charge in [0.2, 0.25) is 5.91 Å². The van der Waals surface area contributed by atoms with E-state index in [-0.39, 0.29) is 11.9 Å². The van der Waals surface area contributed by atoms with Crippen molar-refractivity contribution >= 4 is 11.9 Å². The summed E-state index contributed by atoms with van der Waals surface area (Å²) in [5.41, 5.74) is 2.40. The Balaban J connectivity index is 1.75. The van der Waals surface area contributed by atoms with Gasteiger partial charge in [0.25, 0.3) is 0 Å². The van der Waals surface area contributed by atoms with Gasteiger partial charge in [-0.2, -0.15) is 0 Å². The number of hydrogen-bond acceptors (Lipinski definition) is 5. The molecular formula is C23H29N3O3. The van der Waals surface area contributed by atoms with E-state index in [2.05, 4.69) is 29.0 Å². The fourth-order valence-corrected chi connectivity index (χ4v) is 4.04. The van der Waals surface area contributed by atoms with Crippen molar-refractivity contribution in [3.05, 3.63) is 59.7 Å². The Morgan fingerprint density at radius 1 is 1.24 bits per heavy atom. The number of carbonyl (C=O) groups is 2. The fraction of sp³-hybridized carbons (Fsp3) is 0.478. The van der Waals surface area contributed by atoms with Crippen molar-refractivity contribution in [2.75, 3.05) is 19.7 Å². The van der Waals surface area contributed by atoms with Gasteiger partial charge in [0, 0.05) is 38.1 Å². The minimum absolute atomic E-state index is 0.0498. The molecule has 1 saturated heterocycles. The summed E-state index contributed by atoms with van der Waals surface area (Å²) < 4.78 is 5.46. The Hall–Kier alpha value is -2.76. The topological polar surface area (TPSA) is 72.4 Å². The molecule has 1 aliphatic rings. The molecule has 2 heterocycles. The number of ether oxygens (including phenoxy) is 1. The lowest BCUT2D eigenvalue weighted by atomic mass is 9.74. The first kappa shape index (κ1) is 21.0. The smallest absolute Gasteiger partial charge is 0.314 e. The second kappa shape index (κ2) is 9.63. The minimum atomic E-state index is -0.692. The first-order valence-corrected chi connectivity index (χ1v) is 10.3. The monoisotopic (exact) mass is 395 g/mol. The number of carbonyl (C=O) groups excluding carboxylic acids is 2. The van der Waals surface area contributed by atoms with Gasteiger partial charge in [0.15, 0.2) is 0 Å². The van der Waals surface area contributed by atoms with E-state index >= 15 is 0 Å². The van der Waals surface area contributed by atoms with Crippen molar-refractivity contribution in [3.8, 4) is 0 Å². The molecule has 6 nitrogen and oxygen atoms in total. The molecule has 1 aromatic heterocycles. The first-order chi connectivity index (χ1) is 14.0. The summed E-state index contributed by atoms with van der Waals surface area (Å²) in [6, 6.07) is 8.11. The van der Waals surface area contributed by atoms with E-state index in [0.717, 1.165) is 29.7 Å². The van der Waals surface area contributed by atoms with Crippen LogP contribution < -0.4 is 0 Å². The molecule has 2 aromatic rings. The van der Waals surface area contributed by atoms with Crippen LogP contribution in [0.25, 0.3) is 0 Å². The number of piperidine rings is 1. The fourth-order valence-electron chi connectivity index (χ4n) is 4.04. The number of amides is 1. The van der Waals surface area contributed by atoms with E-state index in [1.54, 1.807) is 18.6 Å². The Kier molecular flexibility index (Phi) is 6.96. The molecule has 0 unspecified atom stereocenters. The molecule has 1 aliphatic heterocycles. The van der Waals surface area contributed by atoms with Crippen LogP contribution in [-0.4, -0.2) is 46.4 Å². The maximum absolute atomic E-state index is 13.0. The molecule has 0 aliphatic carbocycles. The van der Waals surface area contributed by atoms with Crippen LogP contribution in [-0.2, 0) is 27.2 Å². The normalized spacial score (nSPS) is 19.0. The Morgan fingerprint density at radius 3 is 2.79 bits per heavy atom. The van der Waals surface area contributed by atoms with Crippen molar-refractivity contribution < 1.29 is 14.3 Å². The van der Waals surface area contributed by atoms with Crippen LogP contribution in [0.1, 0.15) is 43.0 Å². The molecule has 0 spiro atoms. The molecule has 0 N–H and O–H groups in total. The Bertz CT molecular complexity index is 840. The van der Waals surface area contributed by atoms with Crippen molar-refractivity contribution in [2.24, 2.45) is 5.41 Å². The summed E-state index contributed by atoms with van der Waals surface area (Å²) in [5, 5.41) is 0. The van der Waals surface area contributed by atoms with Crippen LogP contribution in [0.4, 0.5) is 0 Å². The maximum Gasteiger partial charge on any atom is 0.314 e. The van der Waals surface area contributed by atoms with Gasteiger partial charge in [0.1, 0.15) is 0 Å². The third kappa shape index (κ3) is 5.19. The van der Waals surface area contributed by atoms with Gasteiger partial charge in [-0.05, 0) is 50.7 Å². The average molecular weight is 396 g/mol. The largest absolute Gasteiger partial charge is 0.466 e. The van der Waals surface area contributed by atoms with Crippen molar-refractivity contribution in [1.29, 1.82) is 0 Å². The van der Waals surface area contributed by atoms with E-state index in [1.165, 1.54) is 0 Å². The lowest BCUT2D eigenvalue weighted by molar-refractivity contribution is -0.160. The number of aryl methyl sites for hydroxylation is 2. The van der Waals surface area contributed by atoms with Gasteiger partial charge >= 0.3 is 5.97 Å². The van der Waals surface area contributed by atoms with E-state index in [9.17, 15) is 9.59 Å². The molecule has 6 heteroatoms. The average Bonchev–Trinajstić information content (AvgIpc) is 2.75. The first-order valence-electron chi connectivity index (χ1n) is 10.3. The number of nitrogens with zero attached hydrogens (tertiary/aromatic N) is 3. The summed E-state index contributed by atoms with van der Waals surface area (Å²) in [5.74, 6) is -0.150. The zero-order valence-corrected chi connectivity index (χ0v) is 17.3. The number of aromatic nitrogens is 2. The number of benzene rings is 1. The molecule has 154 valence electrons. The molecule has 0 radical (unpaired) electrons. The van der Waals surface area contributed by atoms with Gasteiger partial charge in [-0.1, -0.05) is 24.3 Å². The molecule has 1 aromatic carbocycles. The summed E-state index contributed by atoms with van der Waals surface area (Å²) in [6.45, 7) is 5.30. The third-order valence-corrected chi connectivity index (χ3v) is 5.64. The zero-order chi connectivity index (χ0) is 20.7. The highest BCUT2D eigenvalue weighted by molar-refractivity contribution is 5.81. The zero-order valence-electron chi connectivity index (χ0n) is 17.3. The second-order valence-electron chi connectivity index (χ2n) is 7.72. The van der Waals surface area contributed by atoms with Crippen LogP contribution in [0.3, 0.4) is 0 Å². The molecule has 0 bridgehead atoms. The molecule has 29 heavy (non-hydrogen) atoms. The quantitative estimate of drug-likeness (QED) is 0.674. The second-order valence-corrected chi connectivity index (χ2v) is 7.72. The van der Waals surface area contributed by atoms with E-state index in [4.69, 9.17) is 4.74 Å². The number of hydrogen-bond donors (Lipinski definition) is 0. The minimum Gasteiger partial charge on any atom is -0.466 e. The Labute approximate surface area is 172 Å². The van der Waals surface area contributed by atoms with Crippen molar-refractivity contribution in [2.45, 2.75) is 46.0 Å². The highest BCUT2D eigenvalue weighted by Gasteiger charge is 2.44. The Morgan fingerprint density at radius 2 is 2.07 bits per heavy atom. The van der Waals surface area contributed by atoms with E-state index in [0.29, 0.717) is 39.0 Å². The standard InChI is InChI=1S/C23H29N3O3/c1-3-29-22(28)23(15-19-8-5-4-7-18(19)2)11-6-14-26(17-23)21(27)10-9-20-16-24-12-13-25-20/h4-5,7-8,12-13,16H,3,6,9-11,14-15,17H2,1-2H3/t23-/m1/s1. The van der Waals surface area contributed by atoms with Crippen LogP contribution in [0.2, 0.25) is 0 Å². The summed E-state index contributed by atoms with van der Waals surface area (Å²) in [4.78, 5) is 36.0. The van der Waals surface area contributed by atoms with Gasteiger partial charge in [0.05, 0.1) is 17.7 Å². The van der Waals surface area contributed by atoms with Crippen LogP contribution in [0.15, 0.2) is 42.9 Å². The predicted molar refractivity (Wildman–Crippen MR) is 110 cm³/mol. The molecule has 1 fully saturated rings. The van der Waals surface area contributed by atoms with Gasteiger partial charge in [-0.15, -0.1) is 0 Å². The van der Waals surface area contributed by atoms with E-state index in [1.807, 2.05) is 24.0 Å². The lowest BCUT2D eigenvalue weighted by Crippen LogP contribution is -2.51. The SMILES string of the molecule is CCOC(=O)[C@@]1(Cc2ccccc2C)CCCN(C(=O)CCc2cnccn2)C1. The molecule has 0 saturated carbocycles. The molecule has 3 rings (SSSR count). The molecule has 1 atom stereocenters. The van der Waals surface area contributed by atoms with Crippen LogP contribution >= 0.6 is 0 Å². The van der Waals surface area contributed by atoms with Gasteiger partial charge in [-0.3, -0.25) is 19.6 Å². The molecular weight excluding hydrogens is 366 g/mol. The predicted octanol–water partition coefficient (Wildman–Crippen LogP) is 3.13. The van der Waals surface area contributed by atoms with Crippen molar-refractivity contribution in [3.63, 3.8) is 0 Å². The lowest BCUT2D eigenvalue weighted by Gasteiger charge is -2.41. The van der Waals surface area contributed by atoms with Crippen LogP contribution in [0.5, 0.6) is 0 Å². The number of esters is 1. The summed E-state index contributed by atoms with van der Waals surface area (Å²) in [6.07, 6.45) is 7.96. The van der Waals surface area contributed by atoms with Crippen molar-refractivity contribution in [1.82, 2.24) is 14.9 Å². The highest BCUT2D eigenvalue weighted by Crippen LogP contribution is 2.36. The van der Waals surface area contributed by atoms with Gasteiger partial charge < -0.3 is 9.64 Å². The number of rotatable bonds is 7. The summed E-state index contributed by atoms with van der Waals surface area (Å²) >= 11 is 0. The van der Waals surface area contributed by atoms with E-state index < -0.39 is 5.41 Å². The number of likely N-dealkylation sites (tertiary alicyclic amines) is 1.